The molecule has 0 radical (unpaired) electrons. The van der Waals surface area contributed by atoms with Crippen LogP contribution in [0.3, 0.4) is 0 Å². The zero-order valence-electron chi connectivity index (χ0n) is 22.8. The molecule has 1 aliphatic carbocycles. The van der Waals surface area contributed by atoms with Gasteiger partial charge in [-0.05, 0) is 25.0 Å². The maximum atomic E-state index is 15.6. The van der Waals surface area contributed by atoms with Crippen LogP contribution in [0.15, 0.2) is 46.5 Å². The highest BCUT2D eigenvalue weighted by atomic mass is 19.1. The number of anilines is 2. The topological polar surface area (TPSA) is 117 Å². The number of methoxy groups -OCH3 is 1. The number of para-hydroxylation sites is 1. The van der Waals surface area contributed by atoms with E-state index in [0.717, 1.165) is 30.2 Å². The third kappa shape index (κ3) is 4.57. The molecule has 3 heterocycles. The Hall–Kier alpha value is -4.45. The van der Waals surface area contributed by atoms with Crippen molar-refractivity contribution < 1.29 is 28.7 Å². The van der Waals surface area contributed by atoms with Crippen molar-refractivity contribution in [2.24, 2.45) is 5.16 Å². The van der Waals surface area contributed by atoms with E-state index in [1.165, 1.54) is 20.4 Å². The lowest BCUT2D eigenvalue weighted by molar-refractivity contribution is -0.112. The van der Waals surface area contributed by atoms with Gasteiger partial charge in [0.25, 0.3) is 5.91 Å². The number of ether oxygens (including phenoxy) is 1. The van der Waals surface area contributed by atoms with Crippen LogP contribution in [0.5, 0.6) is 5.75 Å². The molecule has 0 unspecified atom stereocenters. The Balaban J connectivity index is 1.23. The monoisotopic (exact) mass is 563 g/mol. The maximum Gasteiger partial charge on any atom is 0.341 e. The molecule has 214 valence electrons. The Morgan fingerprint density at radius 2 is 1.83 bits per heavy atom. The summed E-state index contributed by atoms with van der Waals surface area (Å²) in [7, 11) is 2.85. The van der Waals surface area contributed by atoms with Gasteiger partial charge >= 0.3 is 5.97 Å². The summed E-state index contributed by atoms with van der Waals surface area (Å²) >= 11 is 0. The average Bonchev–Trinajstić information content (AvgIpc) is 3.78. The summed E-state index contributed by atoms with van der Waals surface area (Å²) < 4.78 is 23.1. The van der Waals surface area contributed by atoms with E-state index in [4.69, 9.17) is 9.57 Å². The summed E-state index contributed by atoms with van der Waals surface area (Å²) in [5, 5.41) is 13.5. The normalized spacial score (nSPS) is 18.3. The number of oxime groups is 1. The number of rotatable bonds is 8. The van der Waals surface area contributed by atoms with Crippen molar-refractivity contribution in [3.8, 4) is 5.75 Å². The fourth-order valence-corrected chi connectivity index (χ4v) is 5.82. The molecular weight excluding hydrogens is 533 g/mol. The van der Waals surface area contributed by atoms with Crippen molar-refractivity contribution in [1.29, 1.82) is 0 Å². The molecule has 2 fully saturated rings. The number of piperazine rings is 1. The maximum absolute atomic E-state index is 15.6. The lowest BCUT2D eigenvalue weighted by Gasteiger charge is -2.37. The SMILES string of the molecule is CO/N=C1\C(=O)N(CCN2CCN(c3c(F)cc4c(=O)c(C(=O)O)cn(C5CC5)c4c3OC)CC2)c2ccccc21. The predicted molar refractivity (Wildman–Crippen MR) is 151 cm³/mol. The standard InChI is InChI=1S/C29H30FN5O6/c1-40-27-24-19(26(36)20(29(38)39)16-35(24)17-7-8-17)15-21(30)25(27)33-12-9-32(10-13-33)11-14-34-22-6-4-3-5-18(22)23(28(34)37)31-41-2/h3-6,15-17H,7-14H2,1-2H3,(H,38,39)/b31-23-. The van der Waals surface area contributed by atoms with Gasteiger partial charge in [0, 0.05) is 57.1 Å². The van der Waals surface area contributed by atoms with E-state index < -0.39 is 17.2 Å². The van der Waals surface area contributed by atoms with Gasteiger partial charge in [-0.25, -0.2) is 9.18 Å². The van der Waals surface area contributed by atoms with Crippen LogP contribution in [0.4, 0.5) is 15.8 Å². The number of amides is 1. The van der Waals surface area contributed by atoms with E-state index in [1.54, 1.807) is 9.47 Å². The van der Waals surface area contributed by atoms with Gasteiger partial charge in [0.15, 0.2) is 17.3 Å². The smallest absolute Gasteiger partial charge is 0.341 e. The Kier molecular flexibility index (Phi) is 6.86. The van der Waals surface area contributed by atoms with Gasteiger partial charge in [-0.2, -0.15) is 0 Å². The quantitative estimate of drug-likeness (QED) is 0.416. The first-order valence-electron chi connectivity index (χ1n) is 13.5. The summed E-state index contributed by atoms with van der Waals surface area (Å²) in [5.41, 5.74) is 1.39. The summed E-state index contributed by atoms with van der Waals surface area (Å²) in [6, 6.07) is 8.65. The van der Waals surface area contributed by atoms with Crippen LogP contribution in [-0.4, -0.2) is 85.6 Å². The number of carbonyl (C=O) groups excluding carboxylic acids is 1. The van der Waals surface area contributed by atoms with Crippen molar-refractivity contribution >= 4 is 39.9 Å². The zero-order chi connectivity index (χ0) is 28.8. The van der Waals surface area contributed by atoms with Gasteiger partial charge in [0.05, 0.1) is 23.7 Å². The molecule has 1 amide bonds. The van der Waals surface area contributed by atoms with Crippen LogP contribution in [0.1, 0.15) is 34.8 Å². The fourth-order valence-electron chi connectivity index (χ4n) is 5.82. The Morgan fingerprint density at radius 3 is 2.49 bits per heavy atom. The number of pyridine rings is 1. The van der Waals surface area contributed by atoms with E-state index in [1.807, 2.05) is 29.2 Å². The molecule has 1 saturated carbocycles. The predicted octanol–water partition coefficient (Wildman–Crippen LogP) is 2.70. The van der Waals surface area contributed by atoms with E-state index in [2.05, 4.69) is 10.1 Å². The van der Waals surface area contributed by atoms with Crippen LogP contribution in [-0.2, 0) is 9.63 Å². The molecule has 2 aliphatic heterocycles. The third-order valence-corrected chi connectivity index (χ3v) is 7.98. The minimum absolute atomic E-state index is 0.000444. The van der Waals surface area contributed by atoms with Crippen LogP contribution >= 0.6 is 0 Å². The highest BCUT2D eigenvalue weighted by Crippen LogP contribution is 2.43. The number of nitrogens with zero attached hydrogens (tertiary/aromatic N) is 5. The highest BCUT2D eigenvalue weighted by molar-refractivity contribution is 6.54. The summed E-state index contributed by atoms with van der Waals surface area (Å²) in [4.78, 5) is 48.4. The highest BCUT2D eigenvalue weighted by Gasteiger charge is 2.35. The molecule has 3 aliphatic rings. The number of halogens is 1. The van der Waals surface area contributed by atoms with Crippen LogP contribution in [0.2, 0.25) is 0 Å². The van der Waals surface area contributed by atoms with Gasteiger partial charge < -0.3 is 29.0 Å². The molecule has 6 rings (SSSR count). The van der Waals surface area contributed by atoms with E-state index >= 15 is 4.39 Å². The van der Waals surface area contributed by atoms with Crippen molar-refractivity contribution in [3.05, 3.63) is 63.7 Å². The number of benzene rings is 2. The van der Waals surface area contributed by atoms with E-state index in [9.17, 15) is 19.5 Å². The average molecular weight is 564 g/mol. The summed E-state index contributed by atoms with van der Waals surface area (Å²) in [6.45, 7) is 3.32. The number of aromatic carboxylic acids is 1. The van der Waals surface area contributed by atoms with E-state index in [-0.39, 0.29) is 40.0 Å². The minimum atomic E-state index is -1.34. The Morgan fingerprint density at radius 1 is 1.10 bits per heavy atom. The molecular formula is C29H30FN5O6. The zero-order valence-corrected chi connectivity index (χ0v) is 22.8. The number of aromatic nitrogens is 1. The number of hydrogen-bond donors (Lipinski definition) is 1. The van der Waals surface area contributed by atoms with Crippen molar-refractivity contribution in [1.82, 2.24) is 9.47 Å². The van der Waals surface area contributed by atoms with Gasteiger partial charge in [0.2, 0.25) is 5.43 Å². The van der Waals surface area contributed by atoms with E-state index in [0.29, 0.717) is 44.8 Å². The number of carbonyl (C=O) groups is 2. The molecule has 11 nitrogen and oxygen atoms in total. The first-order chi connectivity index (χ1) is 19.8. The molecule has 2 aromatic carbocycles. The lowest BCUT2D eigenvalue weighted by Crippen LogP contribution is -2.49. The lowest BCUT2D eigenvalue weighted by atomic mass is 10.1. The summed E-state index contributed by atoms with van der Waals surface area (Å²) in [5.74, 6) is -1.94. The molecule has 41 heavy (non-hydrogen) atoms. The molecule has 3 aromatic rings. The third-order valence-electron chi connectivity index (χ3n) is 7.98. The number of hydrogen-bond acceptors (Lipinski definition) is 8. The van der Waals surface area contributed by atoms with Crippen molar-refractivity contribution in [3.63, 3.8) is 0 Å². The second-order valence-electron chi connectivity index (χ2n) is 10.4. The fraction of sp³-hybridized carbons (Fsp3) is 0.379. The summed E-state index contributed by atoms with van der Waals surface area (Å²) in [6.07, 6.45) is 3.04. The van der Waals surface area contributed by atoms with Gasteiger partial charge in [0.1, 0.15) is 18.4 Å². The second-order valence-corrected chi connectivity index (χ2v) is 10.4. The van der Waals surface area contributed by atoms with Crippen LogP contribution in [0.25, 0.3) is 10.9 Å². The molecule has 0 bridgehead atoms. The molecule has 1 aromatic heterocycles. The number of carboxylic acids is 1. The van der Waals surface area contributed by atoms with Crippen molar-refractivity contribution in [2.45, 2.75) is 18.9 Å². The number of fused-ring (bicyclic) bond motifs is 2. The molecule has 0 spiro atoms. The van der Waals surface area contributed by atoms with Gasteiger partial charge in [-0.1, -0.05) is 23.4 Å². The molecule has 1 N–H and O–H groups in total. The Bertz CT molecular complexity index is 1640. The largest absolute Gasteiger partial charge is 0.492 e. The minimum Gasteiger partial charge on any atom is -0.492 e. The number of carboxylic acid groups (broad SMARTS) is 1. The van der Waals surface area contributed by atoms with Gasteiger partial charge in [-0.3, -0.25) is 14.5 Å². The van der Waals surface area contributed by atoms with Crippen molar-refractivity contribution in [2.75, 3.05) is 63.3 Å². The first-order valence-corrected chi connectivity index (χ1v) is 13.5. The van der Waals surface area contributed by atoms with Gasteiger partial charge in [-0.15, -0.1) is 0 Å². The first kappa shape index (κ1) is 26.8. The van der Waals surface area contributed by atoms with Crippen LogP contribution in [0, 0.1) is 5.82 Å². The molecule has 0 atom stereocenters. The van der Waals surface area contributed by atoms with Crippen LogP contribution < -0.4 is 20.0 Å². The second kappa shape index (κ2) is 10.5. The molecule has 12 heteroatoms. The molecule has 1 saturated heterocycles. The Labute approximate surface area is 234 Å².